The molecule has 4 N–H and O–H groups in total. The van der Waals surface area contributed by atoms with E-state index in [1.165, 1.54) is 6.33 Å². The number of methoxy groups -OCH3 is 1. The first-order valence-corrected chi connectivity index (χ1v) is 11.9. The van der Waals surface area contributed by atoms with Crippen molar-refractivity contribution in [2.45, 2.75) is 6.42 Å². The standard InChI is InChI=1S/C24H24BrN9O/c1-26-24-29-9-6-18(32-24)15-10-14-4-5-16(35-2)12-17(14)19(11-15)27-7-3-8-28-22-20-21(25)33-34-23(20)31-13-30-22/h4-6,9-13,27H,3,7-8H2,1-2H3,(H,26,29,32)(H2,28,30,31,33,34). The molecule has 5 rings (SSSR count). The van der Waals surface area contributed by atoms with Crippen LogP contribution in [0.1, 0.15) is 6.42 Å². The van der Waals surface area contributed by atoms with Crippen LogP contribution in [0.15, 0.2) is 53.5 Å². The van der Waals surface area contributed by atoms with Crippen molar-refractivity contribution in [1.29, 1.82) is 0 Å². The summed E-state index contributed by atoms with van der Waals surface area (Å²) >= 11 is 3.44. The molecule has 0 fully saturated rings. The zero-order chi connectivity index (χ0) is 24.2. The Morgan fingerprint density at radius 1 is 1.03 bits per heavy atom. The van der Waals surface area contributed by atoms with Crippen LogP contribution in [0, 0.1) is 0 Å². The molecule has 0 atom stereocenters. The SMILES string of the molecule is CNc1nccc(-c2cc(NCCCNc3ncnc4[nH]nc(Br)c34)c3cc(OC)ccc3c2)n1. The average Bonchev–Trinajstić information content (AvgIpc) is 3.29. The van der Waals surface area contributed by atoms with Gasteiger partial charge in [-0.15, -0.1) is 0 Å². The molecule has 0 amide bonds. The quantitative estimate of drug-likeness (QED) is 0.199. The highest BCUT2D eigenvalue weighted by atomic mass is 79.9. The third-order valence-corrected chi connectivity index (χ3v) is 6.19. The summed E-state index contributed by atoms with van der Waals surface area (Å²) in [5, 5.41) is 20.0. The molecule has 35 heavy (non-hydrogen) atoms. The van der Waals surface area contributed by atoms with E-state index in [2.05, 4.69) is 80.2 Å². The van der Waals surface area contributed by atoms with E-state index < -0.39 is 0 Å². The summed E-state index contributed by atoms with van der Waals surface area (Å²) < 4.78 is 6.15. The zero-order valence-electron chi connectivity index (χ0n) is 19.3. The maximum Gasteiger partial charge on any atom is 0.222 e. The van der Waals surface area contributed by atoms with Crippen LogP contribution in [0.2, 0.25) is 0 Å². The predicted octanol–water partition coefficient (Wildman–Crippen LogP) is 4.69. The number of benzene rings is 2. The minimum atomic E-state index is 0.584. The largest absolute Gasteiger partial charge is 0.497 e. The molecule has 0 unspecified atom stereocenters. The highest BCUT2D eigenvalue weighted by Gasteiger charge is 2.11. The Labute approximate surface area is 210 Å². The molecule has 0 saturated carbocycles. The molecule has 0 radical (unpaired) electrons. The molecule has 178 valence electrons. The number of nitrogens with zero attached hydrogens (tertiary/aromatic N) is 5. The number of ether oxygens (including phenoxy) is 1. The third kappa shape index (κ3) is 4.80. The Morgan fingerprint density at radius 3 is 2.77 bits per heavy atom. The predicted molar refractivity (Wildman–Crippen MR) is 142 cm³/mol. The first kappa shape index (κ1) is 22.8. The van der Waals surface area contributed by atoms with Gasteiger partial charge in [-0.25, -0.2) is 19.9 Å². The van der Waals surface area contributed by atoms with Gasteiger partial charge >= 0.3 is 0 Å². The van der Waals surface area contributed by atoms with Crippen molar-refractivity contribution in [2.75, 3.05) is 43.2 Å². The van der Waals surface area contributed by atoms with Crippen LogP contribution in [0.25, 0.3) is 33.1 Å². The summed E-state index contributed by atoms with van der Waals surface area (Å²) in [6.45, 7) is 1.49. The number of halogens is 1. The Kier molecular flexibility index (Phi) is 6.57. The summed E-state index contributed by atoms with van der Waals surface area (Å²) in [5.41, 5.74) is 3.57. The van der Waals surface area contributed by atoms with E-state index in [1.807, 2.05) is 25.2 Å². The van der Waals surface area contributed by atoms with Gasteiger partial charge in [0.2, 0.25) is 5.95 Å². The number of fused-ring (bicyclic) bond motifs is 2. The highest BCUT2D eigenvalue weighted by molar-refractivity contribution is 9.10. The van der Waals surface area contributed by atoms with Gasteiger partial charge in [0.15, 0.2) is 5.65 Å². The molecule has 3 aromatic heterocycles. The topological polar surface area (TPSA) is 126 Å². The van der Waals surface area contributed by atoms with E-state index in [-0.39, 0.29) is 0 Å². The fraction of sp³-hybridized carbons (Fsp3) is 0.208. The molecule has 0 aliphatic carbocycles. The van der Waals surface area contributed by atoms with Gasteiger partial charge in [-0.05, 0) is 58.1 Å². The lowest BCUT2D eigenvalue weighted by Gasteiger charge is -2.14. The molecular formula is C24H24BrN9O. The number of aromatic amines is 1. The fourth-order valence-corrected chi connectivity index (χ4v) is 4.34. The summed E-state index contributed by atoms with van der Waals surface area (Å²) in [7, 11) is 3.49. The molecule has 10 nitrogen and oxygen atoms in total. The van der Waals surface area contributed by atoms with Gasteiger partial charge in [0.25, 0.3) is 0 Å². The van der Waals surface area contributed by atoms with Crippen molar-refractivity contribution in [3.63, 3.8) is 0 Å². The monoisotopic (exact) mass is 533 g/mol. The molecule has 0 aliphatic rings. The van der Waals surface area contributed by atoms with Gasteiger partial charge in [0.1, 0.15) is 22.5 Å². The van der Waals surface area contributed by atoms with E-state index in [0.29, 0.717) is 16.2 Å². The van der Waals surface area contributed by atoms with Crippen LogP contribution in [-0.4, -0.2) is 57.4 Å². The minimum absolute atomic E-state index is 0.584. The van der Waals surface area contributed by atoms with E-state index in [1.54, 1.807) is 13.3 Å². The first-order chi connectivity index (χ1) is 17.2. The smallest absolute Gasteiger partial charge is 0.222 e. The van der Waals surface area contributed by atoms with Crippen molar-refractivity contribution in [2.24, 2.45) is 0 Å². The van der Waals surface area contributed by atoms with E-state index >= 15 is 0 Å². The molecule has 0 saturated heterocycles. The van der Waals surface area contributed by atoms with Crippen molar-refractivity contribution in [1.82, 2.24) is 30.1 Å². The molecular weight excluding hydrogens is 510 g/mol. The van der Waals surface area contributed by atoms with Crippen molar-refractivity contribution < 1.29 is 4.74 Å². The molecule has 0 bridgehead atoms. The number of rotatable bonds is 9. The van der Waals surface area contributed by atoms with E-state index in [0.717, 1.165) is 64.2 Å². The Bertz CT molecular complexity index is 1490. The number of nitrogens with one attached hydrogen (secondary N) is 4. The van der Waals surface area contributed by atoms with Crippen LogP contribution in [-0.2, 0) is 0 Å². The van der Waals surface area contributed by atoms with Crippen LogP contribution in [0.4, 0.5) is 17.5 Å². The van der Waals surface area contributed by atoms with Crippen LogP contribution >= 0.6 is 15.9 Å². The lowest BCUT2D eigenvalue weighted by molar-refractivity contribution is 0.415. The lowest BCUT2D eigenvalue weighted by atomic mass is 10.0. The summed E-state index contributed by atoms with van der Waals surface area (Å²) in [6.07, 6.45) is 4.15. The molecule has 2 aromatic carbocycles. The van der Waals surface area contributed by atoms with Gasteiger partial charge in [-0.3, -0.25) is 5.10 Å². The summed E-state index contributed by atoms with van der Waals surface area (Å²) in [5.74, 6) is 2.14. The molecule has 0 spiro atoms. The molecule has 0 aliphatic heterocycles. The first-order valence-electron chi connectivity index (χ1n) is 11.1. The van der Waals surface area contributed by atoms with Gasteiger partial charge in [0, 0.05) is 43.0 Å². The maximum absolute atomic E-state index is 5.46. The average molecular weight is 534 g/mol. The number of aromatic nitrogens is 6. The Balaban J connectivity index is 1.34. The maximum atomic E-state index is 5.46. The fourth-order valence-electron chi connectivity index (χ4n) is 3.87. The lowest BCUT2D eigenvalue weighted by Crippen LogP contribution is -2.10. The zero-order valence-corrected chi connectivity index (χ0v) is 20.8. The normalized spacial score (nSPS) is 11.1. The van der Waals surface area contributed by atoms with Gasteiger partial charge in [-0.1, -0.05) is 6.07 Å². The van der Waals surface area contributed by atoms with Crippen LogP contribution in [0.5, 0.6) is 5.75 Å². The van der Waals surface area contributed by atoms with Crippen LogP contribution < -0.4 is 20.7 Å². The Morgan fingerprint density at radius 2 is 1.91 bits per heavy atom. The number of H-pyrrole nitrogens is 1. The van der Waals surface area contributed by atoms with E-state index in [4.69, 9.17) is 4.74 Å². The molecule has 3 heterocycles. The Hall–Kier alpha value is -3.99. The number of hydrogen-bond donors (Lipinski definition) is 4. The second-order valence-corrected chi connectivity index (χ2v) is 8.54. The molecule has 11 heteroatoms. The third-order valence-electron chi connectivity index (χ3n) is 5.61. The molecule has 5 aromatic rings. The van der Waals surface area contributed by atoms with Crippen LogP contribution in [0.3, 0.4) is 0 Å². The second-order valence-electron chi connectivity index (χ2n) is 7.79. The highest BCUT2D eigenvalue weighted by Crippen LogP contribution is 2.33. The number of hydrogen-bond acceptors (Lipinski definition) is 9. The van der Waals surface area contributed by atoms with Crippen molar-refractivity contribution >= 4 is 55.2 Å². The van der Waals surface area contributed by atoms with Gasteiger partial charge < -0.3 is 20.7 Å². The van der Waals surface area contributed by atoms with Crippen molar-refractivity contribution in [3.8, 4) is 17.0 Å². The summed E-state index contributed by atoms with van der Waals surface area (Å²) in [6, 6.07) is 12.2. The second kappa shape index (κ2) is 10.1. The number of anilines is 3. The minimum Gasteiger partial charge on any atom is -0.497 e. The van der Waals surface area contributed by atoms with Gasteiger partial charge in [-0.2, -0.15) is 5.10 Å². The van der Waals surface area contributed by atoms with Gasteiger partial charge in [0.05, 0.1) is 18.2 Å². The summed E-state index contributed by atoms with van der Waals surface area (Å²) in [4.78, 5) is 17.4. The van der Waals surface area contributed by atoms with E-state index in [9.17, 15) is 0 Å². The van der Waals surface area contributed by atoms with Crippen molar-refractivity contribution in [3.05, 3.63) is 53.5 Å².